The smallest absolute Gasteiger partial charge is 0.164 e. The van der Waals surface area contributed by atoms with Crippen molar-refractivity contribution in [3.05, 3.63) is 206 Å². The number of furan rings is 1. The van der Waals surface area contributed by atoms with E-state index >= 15 is 0 Å². The van der Waals surface area contributed by atoms with Gasteiger partial charge in [0.2, 0.25) is 0 Å². The second-order valence-corrected chi connectivity index (χ2v) is 17.8. The first kappa shape index (κ1) is 36.1. The molecular formula is C59H34N4OS. The second kappa shape index (κ2) is 14.0. The predicted octanol–water partition coefficient (Wildman–Crippen LogP) is 16.2. The van der Waals surface area contributed by atoms with E-state index in [1.807, 2.05) is 65.9 Å². The molecule has 4 heterocycles. The molecule has 0 unspecified atom stereocenters. The Hall–Kier alpha value is -8.45. The summed E-state index contributed by atoms with van der Waals surface area (Å²) in [5.41, 5.74) is 9.97. The fraction of sp³-hybridized carbons (Fsp3) is 0. The van der Waals surface area contributed by atoms with Gasteiger partial charge in [0, 0.05) is 69.7 Å². The number of benzene rings is 10. The average Bonchev–Trinajstić information content (AvgIpc) is 4.05. The summed E-state index contributed by atoms with van der Waals surface area (Å²) in [5.74, 6) is 1.78. The maximum absolute atomic E-state index is 6.32. The molecule has 0 radical (unpaired) electrons. The second-order valence-electron chi connectivity index (χ2n) is 16.8. The monoisotopic (exact) mass is 846 g/mol. The van der Waals surface area contributed by atoms with Gasteiger partial charge in [0.1, 0.15) is 11.2 Å². The first-order valence-electron chi connectivity index (χ1n) is 21.8. The normalized spacial score (nSPS) is 12.0. The molecule has 0 atom stereocenters. The number of aromatic nitrogens is 4. The van der Waals surface area contributed by atoms with Crippen LogP contribution in [0.15, 0.2) is 211 Å². The summed E-state index contributed by atoms with van der Waals surface area (Å²) in [4.78, 5) is 15.5. The minimum absolute atomic E-state index is 0.580. The first-order valence-corrected chi connectivity index (χ1v) is 22.6. The summed E-state index contributed by atoms with van der Waals surface area (Å²) >= 11 is 1.86. The zero-order valence-corrected chi connectivity index (χ0v) is 35.6. The van der Waals surface area contributed by atoms with Crippen molar-refractivity contribution in [1.82, 2.24) is 19.5 Å². The highest BCUT2D eigenvalue weighted by Gasteiger charge is 2.21. The minimum Gasteiger partial charge on any atom is -0.456 e. The van der Waals surface area contributed by atoms with Crippen LogP contribution in [0.5, 0.6) is 0 Å². The van der Waals surface area contributed by atoms with Crippen molar-refractivity contribution in [2.24, 2.45) is 0 Å². The lowest BCUT2D eigenvalue weighted by molar-refractivity contribution is 0.669. The molecule has 0 amide bonds. The summed E-state index contributed by atoms with van der Waals surface area (Å²) in [6, 6.07) is 73.5. The molecule has 10 aromatic carbocycles. The van der Waals surface area contributed by atoms with Crippen LogP contribution in [0.1, 0.15) is 0 Å². The summed E-state index contributed by atoms with van der Waals surface area (Å²) in [6.07, 6.45) is 0. The fourth-order valence-corrected chi connectivity index (χ4v) is 11.1. The highest BCUT2D eigenvalue weighted by atomic mass is 32.1. The van der Waals surface area contributed by atoms with Gasteiger partial charge in [-0.15, -0.1) is 11.3 Å². The first-order chi connectivity index (χ1) is 32.2. The van der Waals surface area contributed by atoms with Crippen molar-refractivity contribution >= 4 is 96.8 Å². The molecule has 0 bridgehead atoms. The van der Waals surface area contributed by atoms with Gasteiger partial charge in [-0.2, -0.15) is 0 Å². The summed E-state index contributed by atoms with van der Waals surface area (Å²) in [6.45, 7) is 0. The molecule has 6 heteroatoms. The Kier molecular flexibility index (Phi) is 7.79. The molecule has 0 saturated heterocycles. The SMILES string of the molecule is c1ccc(-c2nc(-c3cccc(-n4c5cc6ccccc6cc5c5cccc(-c6ccc7sc8ccc9ccccc9c8c7c6)c54)c3)nc(-c3ccc4c(c3)oc3ccccc34)n2)cc1. The number of rotatable bonds is 5. The molecule has 65 heavy (non-hydrogen) atoms. The fourth-order valence-electron chi connectivity index (χ4n) is 9.97. The van der Waals surface area contributed by atoms with E-state index in [1.54, 1.807) is 0 Å². The van der Waals surface area contributed by atoms with E-state index in [1.165, 1.54) is 63.6 Å². The van der Waals surface area contributed by atoms with Gasteiger partial charge in [-0.1, -0.05) is 146 Å². The standard InChI is InChI=1S/C59H34N4OS/c1-2-13-36(14-3-1)57-60-58(62-59(61-57)41-24-27-46-45-20-8-9-23-51(45)64-52(46)34-41)40-17-10-18-42(30-40)63-50-33-38-16-5-4-15-37(38)31-48(50)47-22-11-21-44(56(47)63)39-26-28-53-49(32-39)55-43-19-7-6-12-35(43)25-29-54(55)65-53/h1-34H. The Morgan fingerprint density at radius 3 is 1.88 bits per heavy atom. The number of para-hydroxylation sites is 2. The van der Waals surface area contributed by atoms with Crippen LogP contribution in [0.2, 0.25) is 0 Å². The van der Waals surface area contributed by atoms with Gasteiger partial charge in [0.25, 0.3) is 0 Å². The van der Waals surface area contributed by atoms with Crippen LogP contribution in [0.4, 0.5) is 0 Å². The molecule has 0 saturated carbocycles. The quantitative estimate of drug-likeness (QED) is 0.173. The Bertz CT molecular complexity index is 4260. The van der Waals surface area contributed by atoms with Gasteiger partial charge in [-0.3, -0.25) is 0 Å². The zero-order chi connectivity index (χ0) is 42.6. The van der Waals surface area contributed by atoms with Crippen molar-refractivity contribution < 1.29 is 4.42 Å². The molecule has 302 valence electrons. The summed E-state index contributed by atoms with van der Waals surface area (Å²) < 4.78 is 11.4. The number of thiophene rings is 1. The van der Waals surface area contributed by atoms with Crippen molar-refractivity contribution in [1.29, 1.82) is 0 Å². The Morgan fingerprint density at radius 2 is 1.02 bits per heavy atom. The minimum atomic E-state index is 0.580. The summed E-state index contributed by atoms with van der Waals surface area (Å²) in [5, 5.41) is 12.1. The molecule has 0 N–H and O–H groups in total. The molecule has 0 aliphatic carbocycles. The molecule has 5 nitrogen and oxygen atoms in total. The van der Waals surface area contributed by atoms with E-state index in [2.05, 4.69) is 156 Å². The molecular weight excluding hydrogens is 813 g/mol. The van der Waals surface area contributed by atoms with E-state index in [0.717, 1.165) is 55.3 Å². The molecule has 14 rings (SSSR count). The van der Waals surface area contributed by atoms with Crippen LogP contribution in [0.25, 0.3) is 136 Å². The van der Waals surface area contributed by atoms with Gasteiger partial charge in [0.15, 0.2) is 17.5 Å². The molecule has 0 spiro atoms. The van der Waals surface area contributed by atoms with E-state index in [9.17, 15) is 0 Å². The largest absolute Gasteiger partial charge is 0.456 e. The third kappa shape index (κ3) is 5.67. The van der Waals surface area contributed by atoms with E-state index in [-0.39, 0.29) is 0 Å². The zero-order valence-electron chi connectivity index (χ0n) is 34.7. The van der Waals surface area contributed by atoms with Crippen LogP contribution in [-0.4, -0.2) is 19.5 Å². The lowest BCUT2D eigenvalue weighted by Gasteiger charge is -2.14. The van der Waals surface area contributed by atoms with Crippen LogP contribution in [-0.2, 0) is 0 Å². The van der Waals surface area contributed by atoms with Crippen LogP contribution in [0.3, 0.4) is 0 Å². The van der Waals surface area contributed by atoms with Crippen molar-refractivity contribution in [2.75, 3.05) is 0 Å². The Balaban J connectivity index is 0.993. The maximum Gasteiger partial charge on any atom is 0.164 e. The summed E-state index contributed by atoms with van der Waals surface area (Å²) in [7, 11) is 0. The molecule has 14 aromatic rings. The molecule has 0 aliphatic heterocycles. The topological polar surface area (TPSA) is 56.7 Å². The van der Waals surface area contributed by atoms with E-state index < -0.39 is 0 Å². The average molecular weight is 847 g/mol. The number of hydrogen-bond donors (Lipinski definition) is 0. The van der Waals surface area contributed by atoms with Gasteiger partial charge in [0.05, 0.1) is 11.0 Å². The van der Waals surface area contributed by atoms with Crippen molar-refractivity contribution in [3.8, 4) is 51.0 Å². The molecule has 0 fully saturated rings. The number of nitrogens with zero attached hydrogens (tertiary/aromatic N) is 4. The van der Waals surface area contributed by atoms with Crippen molar-refractivity contribution in [2.45, 2.75) is 0 Å². The maximum atomic E-state index is 6.32. The van der Waals surface area contributed by atoms with Gasteiger partial charge in [-0.05, 0) is 87.8 Å². The van der Waals surface area contributed by atoms with E-state index in [4.69, 9.17) is 19.4 Å². The lowest BCUT2D eigenvalue weighted by atomic mass is 9.98. The molecule has 4 aromatic heterocycles. The highest BCUT2D eigenvalue weighted by molar-refractivity contribution is 7.26. The lowest BCUT2D eigenvalue weighted by Crippen LogP contribution is -2.01. The predicted molar refractivity (Wildman–Crippen MR) is 271 cm³/mol. The highest BCUT2D eigenvalue weighted by Crippen LogP contribution is 2.44. The van der Waals surface area contributed by atoms with Gasteiger partial charge < -0.3 is 8.98 Å². The third-order valence-corrected chi connectivity index (χ3v) is 14.1. The Morgan fingerprint density at radius 1 is 0.369 bits per heavy atom. The van der Waals surface area contributed by atoms with Gasteiger partial charge >= 0.3 is 0 Å². The Labute approximate surface area is 376 Å². The third-order valence-electron chi connectivity index (χ3n) is 13.0. The van der Waals surface area contributed by atoms with Crippen molar-refractivity contribution in [3.63, 3.8) is 0 Å². The van der Waals surface area contributed by atoms with Crippen LogP contribution < -0.4 is 0 Å². The van der Waals surface area contributed by atoms with Crippen LogP contribution in [0, 0.1) is 0 Å². The van der Waals surface area contributed by atoms with E-state index in [0.29, 0.717) is 17.5 Å². The van der Waals surface area contributed by atoms with Crippen LogP contribution >= 0.6 is 11.3 Å². The number of fused-ring (bicyclic) bond motifs is 12. The van der Waals surface area contributed by atoms with Gasteiger partial charge in [-0.25, -0.2) is 15.0 Å². The number of hydrogen-bond acceptors (Lipinski definition) is 5. The molecule has 0 aliphatic rings.